The number of carbonyl (C=O) groups excluding carboxylic acids is 3. The molecule has 0 aliphatic carbocycles. The molecule has 1 amide bonds. The van der Waals surface area contributed by atoms with Crippen LogP contribution in [0, 0.1) is 0 Å². The second kappa shape index (κ2) is 9.94. The molecule has 0 fully saturated rings. The van der Waals surface area contributed by atoms with Crippen molar-refractivity contribution in [3.63, 3.8) is 0 Å². The predicted octanol–water partition coefficient (Wildman–Crippen LogP) is 3.05. The van der Waals surface area contributed by atoms with E-state index in [2.05, 4.69) is 5.32 Å². The maximum atomic E-state index is 12.1. The monoisotopic (exact) mass is 409 g/mol. The van der Waals surface area contributed by atoms with Gasteiger partial charge in [-0.1, -0.05) is 53.5 Å². The zero-order chi connectivity index (χ0) is 19.8. The Morgan fingerprint density at radius 2 is 1.67 bits per heavy atom. The lowest BCUT2D eigenvalue weighted by molar-refractivity contribution is -0.145. The SMILES string of the molecule is COC(=O)C(Cc1ccccc1)NC(=O)COC(=O)c1cc(Cl)cc(Cl)c1. The number of esters is 2. The number of ether oxygens (including phenoxy) is 2. The number of methoxy groups -OCH3 is 1. The lowest BCUT2D eigenvalue weighted by atomic mass is 10.1. The van der Waals surface area contributed by atoms with Gasteiger partial charge in [-0.25, -0.2) is 9.59 Å². The Hall–Kier alpha value is -2.57. The Bertz CT molecular complexity index is 806. The first-order chi connectivity index (χ1) is 12.9. The van der Waals surface area contributed by atoms with Crippen LogP contribution >= 0.6 is 23.2 Å². The van der Waals surface area contributed by atoms with Gasteiger partial charge in [-0.05, 0) is 23.8 Å². The highest BCUT2D eigenvalue weighted by Crippen LogP contribution is 2.19. The van der Waals surface area contributed by atoms with Gasteiger partial charge in [0.05, 0.1) is 12.7 Å². The van der Waals surface area contributed by atoms with Gasteiger partial charge in [0, 0.05) is 16.5 Å². The first-order valence-electron chi connectivity index (χ1n) is 7.93. The number of benzene rings is 2. The number of hydrogen-bond acceptors (Lipinski definition) is 5. The summed E-state index contributed by atoms with van der Waals surface area (Å²) in [4.78, 5) is 36.0. The van der Waals surface area contributed by atoms with Crippen LogP contribution in [0.4, 0.5) is 0 Å². The van der Waals surface area contributed by atoms with E-state index in [1.54, 1.807) is 0 Å². The molecule has 0 aliphatic rings. The van der Waals surface area contributed by atoms with Crippen LogP contribution in [-0.4, -0.2) is 37.6 Å². The molecule has 2 aromatic rings. The molecule has 2 rings (SSSR count). The molecule has 0 saturated heterocycles. The van der Waals surface area contributed by atoms with E-state index in [1.165, 1.54) is 25.3 Å². The third-order valence-corrected chi connectivity index (χ3v) is 3.97. The highest BCUT2D eigenvalue weighted by Gasteiger charge is 2.22. The van der Waals surface area contributed by atoms with E-state index in [4.69, 9.17) is 32.7 Å². The molecule has 142 valence electrons. The first-order valence-corrected chi connectivity index (χ1v) is 8.69. The summed E-state index contributed by atoms with van der Waals surface area (Å²) >= 11 is 11.7. The van der Waals surface area contributed by atoms with E-state index >= 15 is 0 Å². The summed E-state index contributed by atoms with van der Waals surface area (Å²) in [6, 6.07) is 12.5. The van der Waals surface area contributed by atoms with Gasteiger partial charge in [0.25, 0.3) is 5.91 Å². The summed E-state index contributed by atoms with van der Waals surface area (Å²) in [5.41, 5.74) is 0.966. The lowest BCUT2D eigenvalue weighted by Crippen LogP contribution is -2.44. The highest BCUT2D eigenvalue weighted by molar-refractivity contribution is 6.35. The van der Waals surface area contributed by atoms with Crippen molar-refractivity contribution < 1.29 is 23.9 Å². The molecule has 0 saturated carbocycles. The van der Waals surface area contributed by atoms with Crippen LogP contribution in [0.2, 0.25) is 10.0 Å². The molecule has 8 heteroatoms. The Morgan fingerprint density at radius 3 is 2.26 bits per heavy atom. The number of rotatable bonds is 7. The van der Waals surface area contributed by atoms with Crippen molar-refractivity contribution in [2.45, 2.75) is 12.5 Å². The van der Waals surface area contributed by atoms with Crippen LogP contribution < -0.4 is 5.32 Å². The van der Waals surface area contributed by atoms with Crippen molar-refractivity contribution in [1.29, 1.82) is 0 Å². The second-order valence-corrected chi connectivity index (χ2v) is 6.44. The molecule has 0 radical (unpaired) electrons. The fourth-order valence-electron chi connectivity index (χ4n) is 2.31. The van der Waals surface area contributed by atoms with Crippen LogP contribution in [0.25, 0.3) is 0 Å². The van der Waals surface area contributed by atoms with E-state index in [0.717, 1.165) is 5.56 Å². The van der Waals surface area contributed by atoms with Crippen LogP contribution in [0.15, 0.2) is 48.5 Å². The van der Waals surface area contributed by atoms with Crippen molar-refractivity contribution in [3.8, 4) is 0 Å². The zero-order valence-electron chi connectivity index (χ0n) is 14.4. The standard InChI is InChI=1S/C19H17Cl2NO5/c1-26-19(25)16(7-12-5-3-2-4-6-12)22-17(23)11-27-18(24)13-8-14(20)10-15(21)9-13/h2-6,8-10,16H,7,11H2,1H3,(H,22,23). The number of hydrogen-bond donors (Lipinski definition) is 1. The van der Waals surface area contributed by atoms with Gasteiger partial charge < -0.3 is 14.8 Å². The molecule has 0 spiro atoms. The summed E-state index contributed by atoms with van der Waals surface area (Å²) < 4.78 is 9.66. The Morgan fingerprint density at radius 1 is 1.04 bits per heavy atom. The van der Waals surface area contributed by atoms with Gasteiger partial charge in [-0.2, -0.15) is 0 Å². The van der Waals surface area contributed by atoms with E-state index in [1.807, 2.05) is 30.3 Å². The smallest absolute Gasteiger partial charge is 0.338 e. The third-order valence-electron chi connectivity index (χ3n) is 3.54. The number of amides is 1. The number of carbonyl (C=O) groups is 3. The van der Waals surface area contributed by atoms with Crippen molar-refractivity contribution in [2.24, 2.45) is 0 Å². The van der Waals surface area contributed by atoms with E-state index in [0.29, 0.717) is 0 Å². The summed E-state index contributed by atoms with van der Waals surface area (Å²) in [5, 5.41) is 3.04. The molecule has 0 aromatic heterocycles. The molecule has 0 heterocycles. The summed E-state index contributed by atoms with van der Waals surface area (Å²) in [5.74, 6) is -1.99. The van der Waals surface area contributed by atoms with Gasteiger partial charge in [-0.3, -0.25) is 4.79 Å². The van der Waals surface area contributed by atoms with Gasteiger partial charge in [0.1, 0.15) is 6.04 Å². The minimum atomic E-state index is -0.899. The summed E-state index contributed by atoms with van der Waals surface area (Å²) in [6.07, 6.45) is 0.247. The maximum Gasteiger partial charge on any atom is 0.338 e. The molecule has 2 aromatic carbocycles. The molecule has 6 nitrogen and oxygen atoms in total. The number of halogens is 2. The average Bonchev–Trinajstić information content (AvgIpc) is 2.65. The third kappa shape index (κ3) is 6.58. The molecule has 0 aliphatic heterocycles. The largest absolute Gasteiger partial charge is 0.467 e. The molecular formula is C19H17Cl2NO5. The van der Waals surface area contributed by atoms with Crippen molar-refractivity contribution in [1.82, 2.24) is 5.32 Å². The molecule has 1 atom stereocenters. The Labute approximate surface area is 166 Å². The average molecular weight is 410 g/mol. The van der Waals surface area contributed by atoms with Gasteiger partial charge in [0.15, 0.2) is 6.61 Å². The van der Waals surface area contributed by atoms with Gasteiger partial charge >= 0.3 is 11.9 Å². The van der Waals surface area contributed by atoms with Crippen LogP contribution in [0.1, 0.15) is 15.9 Å². The molecule has 1 N–H and O–H groups in total. The fraction of sp³-hybridized carbons (Fsp3) is 0.211. The lowest BCUT2D eigenvalue weighted by Gasteiger charge is -2.16. The molecular weight excluding hydrogens is 393 g/mol. The van der Waals surface area contributed by atoms with Crippen LogP contribution in [-0.2, 0) is 25.5 Å². The van der Waals surface area contributed by atoms with E-state index in [-0.39, 0.29) is 22.0 Å². The number of nitrogens with one attached hydrogen (secondary N) is 1. The van der Waals surface area contributed by atoms with Crippen molar-refractivity contribution in [3.05, 3.63) is 69.7 Å². The zero-order valence-corrected chi connectivity index (χ0v) is 15.9. The summed E-state index contributed by atoms with van der Waals surface area (Å²) in [7, 11) is 1.23. The highest BCUT2D eigenvalue weighted by atomic mass is 35.5. The van der Waals surface area contributed by atoms with Gasteiger partial charge in [0.2, 0.25) is 0 Å². The topological polar surface area (TPSA) is 81.7 Å². The quantitative estimate of drug-likeness (QED) is 0.710. The second-order valence-electron chi connectivity index (χ2n) is 5.57. The molecule has 1 unspecified atom stereocenters. The van der Waals surface area contributed by atoms with Crippen molar-refractivity contribution >= 4 is 41.0 Å². The fourth-order valence-corrected chi connectivity index (χ4v) is 2.83. The van der Waals surface area contributed by atoms with Gasteiger partial charge in [-0.15, -0.1) is 0 Å². The molecule has 0 bridgehead atoms. The Balaban J connectivity index is 1.94. The predicted molar refractivity (Wildman–Crippen MR) is 101 cm³/mol. The minimum Gasteiger partial charge on any atom is -0.467 e. The minimum absolute atomic E-state index is 0.120. The van der Waals surface area contributed by atoms with E-state index in [9.17, 15) is 14.4 Å². The van der Waals surface area contributed by atoms with Crippen LogP contribution in [0.3, 0.4) is 0 Å². The van der Waals surface area contributed by atoms with Crippen LogP contribution in [0.5, 0.6) is 0 Å². The Kier molecular flexibility index (Phi) is 7.64. The van der Waals surface area contributed by atoms with Crippen molar-refractivity contribution in [2.75, 3.05) is 13.7 Å². The normalized spacial score (nSPS) is 11.4. The maximum absolute atomic E-state index is 12.1. The molecule has 27 heavy (non-hydrogen) atoms. The summed E-state index contributed by atoms with van der Waals surface area (Å²) in [6.45, 7) is -0.564. The van der Waals surface area contributed by atoms with E-state index < -0.39 is 30.5 Å². The first kappa shape index (κ1) is 20.7.